The van der Waals surface area contributed by atoms with Crippen LogP contribution in [0.25, 0.3) is 0 Å². The van der Waals surface area contributed by atoms with Gasteiger partial charge in [0.25, 0.3) is 0 Å². The molecule has 5 heteroatoms. The van der Waals surface area contributed by atoms with Gasteiger partial charge in [-0.25, -0.2) is 0 Å². The van der Waals surface area contributed by atoms with E-state index in [0.717, 1.165) is 37.1 Å². The van der Waals surface area contributed by atoms with Crippen LogP contribution in [0.4, 0.5) is 0 Å². The van der Waals surface area contributed by atoms with Gasteiger partial charge in [0.15, 0.2) is 0 Å². The molecule has 0 aliphatic carbocycles. The van der Waals surface area contributed by atoms with Gasteiger partial charge in [-0.05, 0) is 29.9 Å². The highest BCUT2D eigenvalue weighted by atomic mass is 32.2. The lowest BCUT2D eigenvalue weighted by molar-refractivity contribution is -0.129. The molecule has 0 saturated carbocycles. The van der Waals surface area contributed by atoms with Crippen molar-refractivity contribution in [2.75, 3.05) is 18.8 Å². The van der Waals surface area contributed by atoms with E-state index in [2.05, 4.69) is 6.92 Å². The van der Waals surface area contributed by atoms with Gasteiger partial charge in [-0.2, -0.15) is 0 Å². The summed E-state index contributed by atoms with van der Waals surface area (Å²) in [6.07, 6.45) is 2.09. The molecule has 4 nitrogen and oxygen atoms in total. The normalized spacial score (nSPS) is 17.7. The third kappa shape index (κ3) is 4.93. The lowest BCUT2D eigenvalue weighted by Crippen LogP contribution is -2.40. The number of aliphatic hydroxyl groups is 1. The van der Waals surface area contributed by atoms with E-state index in [1.165, 1.54) is 0 Å². The van der Waals surface area contributed by atoms with Gasteiger partial charge in [-0.3, -0.25) is 9.00 Å². The molecule has 21 heavy (non-hydrogen) atoms. The molecule has 1 amide bonds. The maximum atomic E-state index is 12.1. The van der Waals surface area contributed by atoms with Crippen molar-refractivity contribution in [3.8, 4) is 0 Å². The van der Waals surface area contributed by atoms with E-state index < -0.39 is 10.8 Å². The Hall–Kier alpha value is -1.20. The van der Waals surface area contributed by atoms with Crippen LogP contribution in [0.5, 0.6) is 0 Å². The molecule has 1 aliphatic heterocycles. The summed E-state index contributed by atoms with van der Waals surface area (Å²) in [4.78, 5) is 13.9. The van der Waals surface area contributed by atoms with Crippen molar-refractivity contribution in [3.63, 3.8) is 0 Å². The third-order valence-electron chi connectivity index (χ3n) is 3.95. The van der Waals surface area contributed by atoms with Crippen LogP contribution in [0.2, 0.25) is 0 Å². The molecular weight excluding hydrogens is 286 g/mol. The number of carbonyl (C=O) groups excluding carboxylic acids is 1. The molecule has 0 radical (unpaired) electrons. The first-order chi connectivity index (χ1) is 10.1. The first-order valence-electron chi connectivity index (χ1n) is 7.40. The summed E-state index contributed by atoms with van der Waals surface area (Å²) in [6, 6.07) is 7.35. The van der Waals surface area contributed by atoms with E-state index in [-0.39, 0.29) is 18.3 Å². The summed E-state index contributed by atoms with van der Waals surface area (Å²) in [5.74, 6) is 1.19. The van der Waals surface area contributed by atoms with Crippen molar-refractivity contribution in [1.82, 2.24) is 4.90 Å². The smallest absolute Gasteiger partial charge is 0.235 e. The van der Waals surface area contributed by atoms with Crippen molar-refractivity contribution in [2.24, 2.45) is 5.92 Å². The highest BCUT2D eigenvalue weighted by Gasteiger charge is 2.21. The fourth-order valence-electron chi connectivity index (χ4n) is 2.46. The molecule has 0 aromatic heterocycles. The quantitative estimate of drug-likeness (QED) is 0.900. The number of hydrogen-bond acceptors (Lipinski definition) is 3. The Morgan fingerprint density at radius 1 is 1.24 bits per heavy atom. The Kier molecular flexibility index (Phi) is 5.94. The Morgan fingerprint density at radius 2 is 1.81 bits per heavy atom. The summed E-state index contributed by atoms with van der Waals surface area (Å²) < 4.78 is 12.1. The standard InChI is InChI=1S/C16H23NO3S/c1-13-6-8-17(9-7-13)16(19)12-21(20)11-15-4-2-14(10-18)3-5-15/h2-5,13,18H,6-12H2,1H3. The molecule has 116 valence electrons. The molecule has 1 aromatic rings. The van der Waals surface area contributed by atoms with Crippen molar-refractivity contribution in [3.05, 3.63) is 35.4 Å². The predicted molar refractivity (Wildman–Crippen MR) is 84.1 cm³/mol. The molecule has 1 N–H and O–H groups in total. The number of likely N-dealkylation sites (tertiary alicyclic amines) is 1. The summed E-state index contributed by atoms with van der Waals surface area (Å²) in [6.45, 7) is 3.80. The average Bonchev–Trinajstić information content (AvgIpc) is 2.48. The number of amides is 1. The molecule has 0 spiro atoms. The predicted octanol–water partition coefficient (Wildman–Crippen LogP) is 1.69. The minimum Gasteiger partial charge on any atom is -0.392 e. The molecule has 1 atom stereocenters. The fraction of sp³-hybridized carbons (Fsp3) is 0.562. The molecule has 1 heterocycles. The molecular formula is C16H23NO3S. The summed E-state index contributed by atoms with van der Waals surface area (Å²) in [5.41, 5.74) is 1.77. The highest BCUT2D eigenvalue weighted by molar-refractivity contribution is 7.84. The van der Waals surface area contributed by atoms with Gasteiger partial charge in [-0.15, -0.1) is 0 Å². The van der Waals surface area contributed by atoms with Gasteiger partial charge < -0.3 is 10.0 Å². The van der Waals surface area contributed by atoms with E-state index in [0.29, 0.717) is 11.7 Å². The number of rotatable bonds is 5. The van der Waals surface area contributed by atoms with Crippen LogP contribution < -0.4 is 0 Å². The Bertz CT molecular complexity index is 493. The third-order valence-corrected chi connectivity index (χ3v) is 5.18. The van der Waals surface area contributed by atoms with Crippen LogP contribution in [0, 0.1) is 5.92 Å². The largest absolute Gasteiger partial charge is 0.392 e. The maximum Gasteiger partial charge on any atom is 0.235 e. The first-order valence-corrected chi connectivity index (χ1v) is 8.88. The van der Waals surface area contributed by atoms with E-state index in [4.69, 9.17) is 5.11 Å². The van der Waals surface area contributed by atoms with Gasteiger partial charge in [0.2, 0.25) is 5.91 Å². The average molecular weight is 309 g/mol. The van der Waals surface area contributed by atoms with Crippen LogP contribution >= 0.6 is 0 Å². The van der Waals surface area contributed by atoms with Crippen LogP contribution in [0.1, 0.15) is 30.9 Å². The number of hydrogen-bond donors (Lipinski definition) is 1. The van der Waals surface area contributed by atoms with E-state index in [9.17, 15) is 9.00 Å². The molecule has 1 aliphatic rings. The number of carbonyl (C=O) groups is 1. The Labute approximate surface area is 128 Å². The van der Waals surface area contributed by atoms with Crippen molar-refractivity contribution >= 4 is 16.7 Å². The second-order valence-corrected chi connectivity index (χ2v) is 7.22. The fourth-order valence-corrected chi connectivity index (χ4v) is 3.59. The minimum atomic E-state index is -1.17. The molecule has 1 saturated heterocycles. The van der Waals surface area contributed by atoms with Crippen LogP contribution in [0.15, 0.2) is 24.3 Å². The zero-order valence-electron chi connectivity index (χ0n) is 12.5. The number of nitrogens with zero attached hydrogens (tertiary/aromatic N) is 1. The SMILES string of the molecule is CC1CCN(C(=O)CS(=O)Cc2ccc(CO)cc2)CC1. The lowest BCUT2D eigenvalue weighted by Gasteiger charge is -2.30. The van der Waals surface area contributed by atoms with Crippen LogP contribution in [0.3, 0.4) is 0 Å². The Morgan fingerprint density at radius 3 is 2.38 bits per heavy atom. The molecule has 1 fully saturated rings. The Balaban J connectivity index is 1.81. The van der Waals surface area contributed by atoms with Crippen molar-refractivity contribution in [2.45, 2.75) is 32.1 Å². The van der Waals surface area contributed by atoms with Gasteiger partial charge in [0.05, 0.1) is 6.61 Å². The van der Waals surface area contributed by atoms with E-state index in [1.54, 1.807) is 0 Å². The first kappa shape index (κ1) is 16.2. The van der Waals surface area contributed by atoms with E-state index in [1.807, 2.05) is 29.2 Å². The van der Waals surface area contributed by atoms with E-state index >= 15 is 0 Å². The minimum absolute atomic E-state index is 0.00668. The second-order valence-electron chi connectivity index (χ2n) is 5.77. The zero-order valence-corrected chi connectivity index (χ0v) is 13.3. The van der Waals surface area contributed by atoms with Gasteiger partial charge >= 0.3 is 0 Å². The number of aliphatic hydroxyl groups excluding tert-OH is 1. The number of piperidine rings is 1. The van der Waals surface area contributed by atoms with Gasteiger partial charge in [0, 0.05) is 29.6 Å². The van der Waals surface area contributed by atoms with Crippen molar-refractivity contribution < 1.29 is 14.1 Å². The van der Waals surface area contributed by atoms with Crippen LogP contribution in [-0.2, 0) is 28.0 Å². The topological polar surface area (TPSA) is 57.6 Å². The maximum absolute atomic E-state index is 12.1. The highest BCUT2D eigenvalue weighted by Crippen LogP contribution is 2.16. The summed E-state index contributed by atoms with van der Waals surface area (Å²) in [5, 5.41) is 8.98. The second kappa shape index (κ2) is 7.71. The van der Waals surface area contributed by atoms with Gasteiger partial charge in [0.1, 0.15) is 5.75 Å². The van der Waals surface area contributed by atoms with Gasteiger partial charge in [-0.1, -0.05) is 31.2 Å². The molecule has 1 unspecified atom stereocenters. The summed E-state index contributed by atoms with van der Waals surface area (Å²) >= 11 is 0. The lowest BCUT2D eigenvalue weighted by atomic mass is 9.99. The number of benzene rings is 1. The molecule has 0 bridgehead atoms. The zero-order chi connectivity index (χ0) is 15.2. The summed E-state index contributed by atoms with van der Waals surface area (Å²) in [7, 11) is -1.17. The van der Waals surface area contributed by atoms with Crippen LogP contribution in [-0.4, -0.2) is 39.0 Å². The monoisotopic (exact) mass is 309 g/mol. The molecule has 1 aromatic carbocycles. The molecule has 2 rings (SSSR count). The van der Waals surface area contributed by atoms with Crippen molar-refractivity contribution in [1.29, 1.82) is 0 Å².